The standard InChI is InChI=1S/C72H127O24P/c1-4-7-10-13-16-19-22-25-27-30-32-34-37-40-43-46-56(74)88-50-53(91-58(76)48-45-42-39-36-33-29-26-23-20-17-14-11-8-5-2)51-90-97(86,87)96-70-68(94-71-66(84)61(79)59(77)54(49-73)92-71)64(82)63(81)65(83)69(70)95-72-67(85)62(80)60(78)55(93-72)52-89-57(75)47-44-41-38-35-31-28-24-21-18-15-12-9-6-3/h28-29,31,33,37,40,43,46,53-55,59-73,77-85H,4-27,30,32,34-36,38-39,41-42,44-45,47-52H2,1-3H3,(H,86,87)/b31-28-,33-29-,40-37+,46-43+. The first-order valence-electron chi connectivity index (χ1n) is 37.0. The van der Waals surface area contributed by atoms with Gasteiger partial charge in [-0.05, 0) is 77.0 Å². The molecule has 0 aromatic heterocycles. The molecule has 2 saturated heterocycles. The highest BCUT2D eigenvalue weighted by Gasteiger charge is 2.58. The lowest BCUT2D eigenvalue weighted by Gasteiger charge is -2.49. The van der Waals surface area contributed by atoms with Crippen molar-refractivity contribution in [1.29, 1.82) is 0 Å². The average Bonchev–Trinajstić information content (AvgIpc) is 0.766. The zero-order valence-corrected chi connectivity index (χ0v) is 59.5. The van der Waals surface area contributed by atoms with E-state index in [-0.39, 0.29) is 12.8 Å². The summed E-state index contributed by atoms with van der Waals surface area (Å²) in [5.41, 5.74) is 0. The Kier molecular flexibility index (Phi) is 48.8. The number of carbonyl (C=O) groups is 3. The fourth-order valence-electron chi connectivity index (χ4n) is 11.8. The van der Waals surface area contributed by atoms with Gasteiger partial charge in [0.05, 0.1) is 13.2 Å². The minimum Gasteiger partial charge on any atom is -0.463 e. The maximum absolute atomic E-state index is 14.3. The lowest BCUT2D eigenvalue weighted by molar-refractivity contribution is -0.360. The fourth-order valence-corrected chi connectivity index (χ4v) is 12.8. The van der Waals surface area contributed by atoms with Crippen LogP contribution >= 0.6 is 7.82 Å². The lowest BCUT2D eigenvalue weighted by atomic mass is 9.84. The van der Waals surface area contributed by atoms with Gasteiger partial charge < -0.3 is 89.1 Å². The summed E-state index contributed by atoms with van der Waals surface area (Å²) in [5, 5.41) is 110. The quantitative estimate of drug-likeness (QED) is 0.00513. The monoisotopic (exact) mass is 1410 g/mol. The third-order valence-corrected chi connectivity index (χ3v) is 18.9. The van der Waals surface area contributed by atoms with Gasteiger partial charge in [-0.15, -0.1) is 0 Å². The largest absolute Gasteiger partial charge is 0.472 e. The molecule has 0 aromatic rings. The number of aliphatic hydroxyl groups excluding tert-OH is 10. The number of unbranched alkanes of at least 4 members (excludes halogenated alkanes) is 30. The highest BCUT2D eigenvalue weighted by Crippen LogP contribution is 2.49. The Hall–Kier alpha value is -3.08. The van der Waals surface area contributed by atoms with E-state index in [0.29, 0.717) is 19.3 Å². The minimum absolute atomic E-state index is 0.00278. The summed E-state index contributed by atoms with van der Waals surface area (Å²) in [6.07, 6.45) is 16.9. The van der Waals surface area contributed by atoms with E-state index in [4.69, 9.17) is 42.2 Å². The smallest absolute Gasteiger partial charge is 0.463 e. The van der Waals surface area contributed by atoms with Crippen LogP contribution in [-0.4, -0.2) is 204 Å². The predicted molar refractivity (Wildman–Crippen MR) is 365 cm³/mol. The van der Waals surface area contributed by atoms with Crippen LogP contribution in [0.15, 0.2) is 48.6 Å². The van der Waals surface area contributed by atoms with Gasteiger partial charge in [-0.3, -0.25) is 18.6 Å². The van der Waals surface area contributed by atoms with Crippen LogP contribution in [0.2, 0.25) is 0 Å². The van der Waals surface area contributed by atoms with Gasteiger partial charge in [-0.25, -0.2) is 9.36 Å². The van der Waals surface area contributed by atoms with Gasteiger partial charge >= 0.3 is 25.7 Å². The van der Waals surface area contributed by atoms with E-state index in [0.717, 1.165) is 89.5 Å². The Bertz CT molecular complexity index is 2200. The highest BCUT2D eigenvalue weighted by molar-refractivity contribution is 7.47. The van der Waals surface area contributed by atoms with Gasteiger partial charge in [-0.1, -0.05) is 211 Å². The number of aliphatic hydroxyl groups is 10. The summed E-state index contributed by atoms with van der Waals surface area (Å²) in [7, 11) is -5.72. The zero-order valence-electron chi connectivity index (χ0n) is 58.6. The molecule has 3 rings (SSSR count). The summed E-state index contributed by atoms with van der Waals surface area (Å²) in [6, 6.07) is 0. The summed E-state index contributed by atoms with van der Waals surface area (Å²) >= 11 is 0. The first-order chi connectivity index (χ1) is 46.8. The van der Waals surface area contributed by atoms with E-state index in [1.54, 1.807) is 6.08 Å². The molecule has 18 atom stereocenters. The number of carbonyl (C=O) groups excluding carboxylic acids is 3. The predicted octanol–water partition coefficient (Wildman–Crippen LogP) is 9.68. The van der Waals surface area contributed by atoms with Crippen LogP contribution in [0.4, 0.5) is 0 Å². The molecule has 0 bridgehead atoms. The van der Waals surface area contributed by atoms with Gasteiger partial charge in [-0.2, -0.15) is 0 Å². The van der Waals surface area contributed by atoms with E-state index >= 15 is 0 Å². The summed E-state index contributed by atoms with van der Waals surface area (Å²) in [4.78, 5) is 50.8. The van der Waals surface area contributed by atoms with E-state index < -0.39 is 156 Å². The van der Waals surface area contributed by atoms with E-state index in [2.05, 4.69) is 45.1 Å². The first-order valence-corrected chi connectivity index (χ1v) is 38.5. The fraction of sp³-hybridized carbons (Fsp3) is 0.847. The van der Waals surface area contributed by atoms with E-state index in [9.17, 15) is 74.9 Å². The van der Waals surface area contributed by atoms with Crippen molar-refractivity contribution in [3.05, 3.63) is 48.6 Å². The summed E-state index contributed by atoms with van der Waals surface area (Å²) in [6.45, 7) is 3.27. The number of rotatable bonds is 56. The number of ether oxygens (including phenoxy) is 7. The normalized spacial score (nSPS) is 28.1. The van der Waals surface area contributed by atoms with Crippen LogP contribution in [-0.2, 0) is 61.2 Å². The molecule has 11 N–H and O–H groups in total. The number of hydrogen-bond donors (Lipinski definition) is 11. The molecule has 0 spiro atoms. The van der Waals surface area contributed by atoms with Crippen molar-refractivity contribution in [3.63, 3.8) is 0 Å². The molecule has 2 aliphatic heterocycles. The van der Waals surface area contributed by atoms with Crippen molar-refractivity contribution in [1.82, 2.24) is 0 Å². The zero-order chi connectivity index (χ0) is 71.1. The van der Waals surface area contributed by atoms with Crippen LogP contribution < -0.4 is 0 Å². The number of allylic oxidation sites excluding steroid dienone is 7. The maximum Gasteiger partial charge on any atom is 0.472 e. The van der Waals surface area contributed by atoms with E-state index in [1.807, 2.05) is 6.08 Å². The highest BCUT2D eigenvalue weighted by atomic mass is 31.2. The molecule has 18 unspecified atom stereocenters. The summed E-state index contributed by atoms with van der Waals surface area (Å²) in [5.74, 6) is -2.29. The van der Waals surface area contributed by atoms with Crippen LogP contribution in [0, 0.1) is 0 Å². The van der Waals surface area contributed by atoms with Gasteiger partial charge in [0.2, 0.25) is 0 Å². The number of phosphoric ester groups is 1. The van der Waals surface area contributed by atoms with Gasteiger partial charge in [0.25, 0.3) is 0 Å². The molecule has 2 heterocycles. The number of hydrogen-bond acceptors (Lipinski definition) is 23. The van der Waals surface area contributed by atoms with Crippen molar-refractivity contribution >= 4 is 25.7 Å². The molecule has 0 aromatic carbocycles. The average molecular weight is 1410 g/mol. The third-order valence-electron chi connectivity index (χ3n) is 17.9. The molecule has 24 nitrogen and oxygen atoms in total. The number of phosphoric acid groups is 1. The molecular formula is C72H127O24P. The Morgan fingerprint density at radius 1 is 0.423 bits per heavy atom. The molecule has 3 aliphatic rings. The van der Waals surface area contributed by atoms with Crippen molar-refractivity contribution < 1.29 is 117 Å². The van der Waals surface area contributed by atoms with Crippen LogP contribution in [0.25, 0.3) is 0 Å². The lowest BCUT2D eigenvalue weighted by Crippen LogP contribution is -2.69. The molecule has 1 aliphatic carbocycles. The third kappa shape index (κ3) is 37.1. The molecule has 0 radical (unpaired) electrons. The second-order valence-corrected chi connectivity index (χ2v) is 27.8. The van der Waals surface area contributed by atoms with Crippen LogP contribution in [0.3, 0.4) is 0 Å². The molecule has 1 saturated carbocycles. The molecular weight excluding hydrogens is 1280 g/mol. The van der Waals surface area contributed by atoms with Crippen molar-refractivity contribution in [2.24, 2.45) is 0 Å². The SMILES string of the molecule is CCCCCCCC/C=C\CCCCCC(=O)OCC1OC(OC2C(O)C(O)C(O)C(OC3OC(CO)C(O)C(O)C3O)C2OP(=O)(O)OCC(COC(=O)/C=C/C=C/CCCCCCCCCCCCC)OC(=O)CCCCC/C=C\CCCCCCCCC)C(O)C(O)C1O. The van der Waals surface area contributed by atoms with Gasteiger partial charge in [0.1, 0.15) is 98.7 Å². The Labute approximate surface area is 578 Å². The molecule has 97 heavy (non-hydrogen) atoms. The minimum atomic E-state index is -5.72. The Morgan fingerprint density at radius 3 is 1.25 bits per heavy atom. The van der Waals surface area contributed by atoms with Crippen molar-refractivity contribution in [2.75, 3.05) is 26.4 Å². The van der Waals surface area contributed by atoms with Crippen LogP contribution in [0.1, 0.15) is 258 Å². The molecule has 3 fully saturated rings. The maximum atomic E-state index is 14.3. The van der Waals surface area contributed by atoms with Gasteiger partial charge in [0.15, 0.2) is 18.7 Å². The molecule has 564 valence electrons. The van der Waals surface area contributed by atoms with Crippen molar-refractivity contribution in [2.45, 2.75) is 362 Å². The second-order valence-electron chi connectivity index (χ2n) is 26.4. The number of esters is 3. The van der Waals surface area contributed by atoms with Crippen LogP contribution in [0.5, 0.6) is 0 Å². The first kappa shape index (κ1) is 88.1. The van der Waals surface area contributed by atoms with Crippen molar-refractivity contribution in [3.8, 4) is 0 Å². The topological polar surface area (TPSA) is 374 Å². The van der Waals surface area contributed by atoms with Gasteiger partial charge in [0, 0.05) is 18.9 Å². The molecule has 25 heteroatoms. The molecule has 0 amide bonds. The summed E-state index contributed by atoms with van der Waals surface area (Å²) < 4.78 is 64.7. The van der Waals surface area contributed by atoms with E-state index in [1.165, 1.54) is 128 Å². The Morgan fingerprint density at radius 2 is 0.804 bits per heavy atom. The Balaban J connectivity index is 1.77. The second kappa shape index (κ2) is 53.7.